The fourth-order valence-electron chi connectivity index (χ4n) is 2.20. The van der Waals surface area contributed by atoms with Gasteiger partial charge in [-0.1, -0.05) is 29.8 Å². The summed E-state index contributed by atoms with van der Waals surface area (Å²) < 4.78 is 5.72. The molecule has 1 aliphatic rings. The molecule has 0 aliphatic carbocycles. The van der Waals surface area contributed by atoms with E-state index in [1.165, 1.54) is 12.8 Å². The van der Waals surface area contributed by atoms with Gasteiger partial charge in [0.15, 0.2) is 0 Å². The largest absolute Gasteiger partial charge is 0.374 e. The average molecular weight is 264 g/mol. The van der Waals surface area contributed by atoms with E-state index in [1.54, 1.807) is 0 Å². The maximum Gasteiger partial charge on any atom is 0.0799 e. The number of rotatable bonds is 4. The van der Waals surface area contributed by atoms with Gasteiger partial charge in [-0.3, -0.25) is 4.90 Å². The molecule has 14 heavy (non-hydrogen) atoms. The van der Waals surface area contributed by atoms with Crippen LogP contribution in [0.25, 0.3) is 0 Å². The average Bonchev–Trinajstić information content (AvgIpc) is 2.22. The summed E-state index contributed by atoms with van der Waals surface area (Å²) in [5, 5.41) is 0.955. The number of nitrogens with zero attached hydrogens (tertiary/aromatic N) is 1. The summed E-state index contributed by atoms with van der Waals surface area (Å²) in [7, 11) is 0. The molecule has 1 rings (SSSR count). The Morgan fingerprint density at radius 2 is 2.07 bits per heavy atom. The maximum absolute atomic E-state index is 5.72. The van der Waals surface area contributed by atoms with Crippen molar-refractivity contribution >= 4 is 15.9 Å². The summed E-state index contributed by atoms with van der Waals surface area (Å²) >= 11 is 3.50. The van der Waals surface area contributed by atoms with Crippen LogP contribution in [0.5, 0.6) is 0 Å². The first-order valence-electron chi connectivity index (χ1n) is 5.66. The van der Waals surface area contributed by atoms with Crippen molar-refractivity contribution in [1.29, 1.82) is 0 Å². The lowest BCUT2D eigenvalue weighted by atomic mass is 10.1. The van der Waals surface area contributed by atoms with Crippen molar-refractivity contribution in [2.75, 3.05) is 18.5 Å². The van der Waals surface area contributed by atoms with Crippen LogP contribution in [-0.2, 0) is 4.74 Å². The Hall–Kier alpha value is 0.400. The molecule has 0 aromatic carbocycles. The molecule has 0 spiro atoms. The van der Waals surface area contributed by atoms with E-state index < -0.39 is 0 Å². The van der Waals surface area contributed by atoms with Crippen LogP contribution in [-0.4, -0.2) is 41.6 Å². The van der Waals surface area contributed by atoms with Gasteiger partial charge in [0.2, 0.25) is 0 Å². The molecule has 3 heteroatoms. The van der Waals surface area contributed by atoms with Gasteiger partial charge in [0.1, 0.15) is 0 Å². The second-order valence-electron chi connectivity index (χ2n) is 4.13. The third kappa shape index (κ3) is 2.94. The van der Waals surface area contributed by atoms with Gasteiger partial charge >= 0.3 is 0 Å². The van der Waals surface area contributed by atoms with Gasteiger partial charge in [-0.15, -0.1) is 0 Å². The Balaban J connectivity index is 2.54. The van der Waals surface area contributed by atoms with Crippen molar-refractivity contribution in [3.05, 3.63) is 0 Å². The summed E-state index contributed by atoms with van der Waals surface area (Å²) in [6.07, 6.45) is 2.87. The standard InChI is InChI=1S/C11H22BrNO/c1-4-10(5-2)13-7-11(6-12)14-8-9(13)3/h9-11H,4-8H2,1-3H3. The first kappa shape index (κ1) is 12.5. The molecule has 0 radical (unpaired) electrons. The Kier molecular flexibility index (Phi) is 5.42. The first-order chi connectivity index (χ1) is 6.72. The minimum atomic E-state index is 0.381. The molecule has 0 aromatic rings. The van der Waals surface area contributed by atoms with Gasteiger partial charge in [-0.05, 0) is 19.8 Å². The number of morpholine rings is 1. The fourth-order valence-corrected chi connectivity index (χ4v) is 2.59. The molecule has 0 N–H and O–H groups in total. The molecule has 0 amide bonds. The van der Waals surface area contributed by atoms with E-state index >= 15 is 0 Å². The van der Waals surface area contributed by atoms with Crippen LogP contribution < -0.4 is 0 Å². The Morgan fingerprint density at radius 3 is 2.57 bits per heavy atom. The number of halogens is 1. The summed E-state index contributed by atoms with van der Waals surface area (Å²) in [6, 6.07) is 1.31. The molecule has 1 heterocycles. The second kappa shape index (κ2) is 6.09. The summed E-state index contributed by atoms with van der Waals surface area (Å²) in [5.41, 5.74) is 0. The first-order valence-corrected chi connectivity index (χ1v) is 6.78. The molecule has 0 saturated carbocycles. The molecule has 1 fully saturated rings. The zero-order valence-corrected chi connectivity index (χ0v) is 11.1. The van der Waals surface area contributed by atoms with Crippen molar-refractivity contribution in [3.63, 3.8) is 0 Å². The van der Waals surface area contributed by atoms with Gasteiger partial charge in [-0.2, -0.15) is 0 Å². The quantitative estimate of drug-likeness (QED) is 0.724. The minimum absolute atomic E-state index is 0.381. The number of alkyl halides is 1. The Labute approximate surface area is 96.1 Å². The van der Waals surface area contributed by atoms with E-state index in [4.69, 9.17) is 4.74 Å². The highest BCUT2D eigenvalue weighted by Gasteiger charge is 2.28. The third-order valence-corrected chi connectivity index (χ3v) is 3.86. The number of ether oxygens (including phenoxy) is 1. The second-order valence-corrected chi connectivity index (χ2v) is 4.77. The molecule has 84 valence electrons. The topological polar surface area (TPSA) is 12.5 Å². The van der Waals surface area contributed by atoms with Crippen LogP contribution in [0.1, 0.15) is 33.6 Å². The van der Waals surface area contributed by atoms with Crippen molar-refractivity contribution in [2.24, 2.45) is 0 Å². The van der Waals surface area contributed by atoms with Crippen molar-refractivity contribution in [1.82, 2.24) is 4.90 Å². The number of hydrogen-bond acceptors (Lipinski definition) is 2. The highest BCUT2D eigenvalue weighted by Crippen LogP contribution is 2.19. The molecule has 1 aliphatic heterocycles. The molecule has 1 saturated heterocycles. The van der Waals surface area contributed by atoms with Crippen molar-refractivity contribution in [2.45, 2.75) is 51.8 Å². The monoisotopic (exact) mass is 263 g/mol. The molecular weight excluding hydrogens is 242 g/mol. The molecular formula is C11H22BrNO. The van der Waals surface area contributed by atoms with E-state index in [0.29, 0.717) is 12.1 Å². The van der Waals surface area contributed by atoms with Gasteiger partial charge < -0.3 is 4.74 Å². The fraction of sp³-hybridized carbons (Fsp3) is 1.00. The lowest BCUT2D eigenvalue weighted by Gasteiger charge is -2.42. The van der Waals surface area contributed by atoms with E-state index in [1.807, 2.05) is 0 Å². The van der Waals surface area contributed by atoms with Crippen LogP contribution in [0.2, 0.25) is 0 Å². The molecule has 0 aromatic heterocycles. The van der Waals surface area contributed by atoms with Gasteiger partial charge in [0.25, 0.3) is 0 Å². The molecule has 2 nitrogen and oxygen atoms in total. The van der Waals surface area contributed by atoms with Gasteiger partial charge in [-0.25, -0.2) is 0 Å². The van der Waals surface area contributed by atoms with E-state index in [9.17, 15) is 0 Å². The van der Waals surface area contributed by atoms with Gasteiger partial charge in [0.05, 0.1) is 12.7 Å². The lowest BCUT2D eigenvalue weighted by Crippen LogP contribution is -2.52. The smallest absolute Gasteiger partial charge is 0.0799 e. The summed E-state index contributed by atoms with van der Waals surface area (Å²) in [6.45, 7) is 8.79. The van der Waals surface area contributed by atoms with Crippen molar-refractivity contribution in [3.8, 4) is 0 Å². The predicted molar refractivity (Wildman–Crippen MR) is 64.1 cm³/mol. The summed E-state index contributed by atoms with van der Waals surface area (Å²) in [5.74, 6) is 0. The molecule has 0 bridgehead atoms. The Morgan fingerprint density at radius 1 is 1.43 bits per heavy atom. The highest BCUT2D eigenvalue weighted by atomic mass is 79.9. The van der Waals surface area contributed by atoms with E-state index in [0.717, 1.165) is 24.5 Å². The van der Waals surface area contributed by atoms with Crippen LogP contribution in [0.3, 0.4) is 0 Å². The third-order valence-electron chi connectivity index (χ3n) is 3.14. The predicted octanol–water partition coefficient (Wildman–Crippen LogP) is 2.66. The normalized spacial score (nSPS) is 29.8. The van der Waals surface area contributed by atoms with Crippen LogP contribution in [0, 0.1) is 0 Å². The number of hydrogen-bond donors (Lipinski definition) is 0. The SMILES string of the molecule is CCC(CC)N1CC(CBr)OCC1C. The zero-order valence-electron chi connectivity index (χ0n) is 9.50. The van der Waals surface area contributed by atoms with Crippen LogP contribution in [0.15, 0.2) is 0 Å². The maximum atomic E-state index is 5.72. The Bertz CT molecular complexity index is 161. The molecule has 2 atom stereocenters. The van der Waals surface area contributed by atoms with Gasteiger partial charge in [0, 0.05) is 24.0 Å². The molecule has 2 unspecified atom stereocenters. The zero-order chi connectivity index (χ0) is 10.6. The summed E-state index contributed by atoms with van der Waals surface area (Å²) in [4.78, 5) is 2.61. The van der Waals surface area contributed by atoms with E-state index in [2.05, 4.69) is 41.6 Å². The van der Waals surface area contributed by atoms with E-state index in [-0.39, 0.29) is 0 Å². The van der Waals surface area contributed by atoms with Crippen LogP contribution >= 0.6 is 15.9 Å². The van der Waals surface area contributed by atoms with Crippen LogP contribution in [0.4, 0.5) is 0 Å². The minimum Gasteiger partial charge on any atom is -0.374 e. The van der Waals surface area contributed by atoms with Crippen molar-refractivity contribution < 1.29 is 4.74 Å². The lowest BCUT2D eigenvalue weighted by molar-refractivity contribution is -0.0645. The highest BCUT2D eigenvalue weighted by molar-refractivity contribution is 9.09.